The van der Waals surface area contributed by atoms with Gasteiger partial charge in [0.2, 0.25) is 0 Å². The second-order valence-corrected chi connectivity index (χ2v) is 3.89. The lowest BCUT2D eigenvalue weighted by Crippen LogP contribution is -2.06. The van der Waals surface area contributed by atoms with E-state index in [0.717, 1.165) is 18.4 Å². The minimum absolute atomic E-state index is 0.00345. The third-order valence-electron chi connectivity index (χ3n) is 2.68. The van der Waals surface area contributed by atoms with Gasteiger partial charge in [-0.2, -0.15) is 0 Å². The molecule has 0 aliphatic heterocycles. The number of rotatable bonds is 4. The van der Waals surface area contributed by atoms with E-state index in [1.807, 2.05) is 6.92 Å². The smallest absolute Gasteiger partial charge is 0.303 e. The Labute approximate surface area is 89.4 Å². The number of hydrogen-bond donors (Lipinski definition) is 2. The predicted octanol–water partition coefficient (Wildman–Crippen LogP) is 2.82. The van der Waals surface area contributed by atoms with Crippen LogP contribution in [0.25, 0.3) is 0 Å². The fraction of sp³-hybridized carbons (Fsp3) is 0.417. The molecule has 0 fully saturated rings. The zero-order valence-corrected chi connectivity index (χ0v) is 8.86. The van der Waals surface area contributed by atoms with Gasteiger partial charge in [0.1, 0.15) is 5.76 Å². The van der Waals surface area contributed by atoms with Crippen LogP contribution in [0.1, 0.15) is 26.2 Å². The molecular formula is C12H16O3. The number of aliphatic hydroxyl groups excluding tert-OH is 1. The van der Waals surface area contributed by atoms with Crippen molar-refractivity contribution in [3.63, 3.8) is 0 Å². The number of allylic oxidation sites excluding steroid dienone is 4. The Balaban J connectivity index is 2.76. The molecule has 0 saturated carbocycles. The third-order valence-corrected chi connectivity index (χ3v) is 2.68. The molecule has 0 aromatic heterocycles. The molecule has 0 spiro atoms. The zero-order valence-electron chi connectivity index (χ0n) is 8.86. The quantitative estimate of drug-likeness (QED) is 0.551. The summed E-state index contributed by atoms with van der Waals surface area (Å²) in [5.41, 5.74) is 2.24. The van der Waals surface area contributed by atoms with Crippen LogP contribution in [0.5, 0.6) is 0 Å². The van der Waals surface area contributed by atoms with Gasteiger partial charge in [-0.15, -0.1) is 0 Å². The Kier molecular flexibility index (Phi) is 3.72. The Bertz CT molecular complexity index is 337. The van der Waals surface area contributed by atoms with Crippen molar-refractivity contribution in [3.05, 3.63) is 35.6 Å². The fourth-order valence-electron chi connectivity index (χ4n) is 1.93. The molecule has 0 saturated heterocycles. The molecule has 0 bridgehead atoms. The maximum Gasteiger partial charge on any atom is 0.303 e. The maximum atomic E-state index is 10.6. The Hall–Kier alpha value is -1.51. The van der Waals surface area contributed by atoms with E-state index in [4.69, 9.17) is 10.2 Å². The summed E-state index contributed by atoms with van der Waals surface area (Å²) >= 11 is 0. The minimum atomic E-state index is -0.775. The van der Waals surface area contributed by atoms with Crippen molar-refractivity contribution in [2.75, 3.05) is 0 Å². The lowest BCUT2D eigenvalue weighted by Gasteiger charge is -2.08. The number of aliphatic carboxylic acids is 1. The second kappa shape index (κ2) is 4.82. The van der Waals surface area contributed by atoms with Gasteiger partial charge in [-0.05, 0) is 37.3 Å². The number of hydrogen-bond acceptors (Lipinski definition) is 2. The van der Waals surface area contributed by atoms with Gasteiger partial charge < -0.3 is 10.2 Å². The van der Waals surface area contributed by atoms with Gasteiger partial charge in [-0.25, -0.2) is 0 Å². The summed E-state index contributed by atoms with van der Waals surface area (Å²) < 4.78 is 0. The Morgan fingerprint density at radius 2 is 2.27 bits per heavy atom. The molecule has 1 atom stereocenters. The monoisotopic (exact) mass is 208 g/mol. The fourth-order valence-corrected chi connectivity index (χ4v) is 1.93. The summed E-state index contributed by atoms with van der Waals surface area (Å²) in [5.74, 6) is -0.696. The highest BCUT2D eigenvalue weighted by molar-refractivity contribution is 5.68. The summed E-state index contributed by atoms with van der Waals surface area (Å²) in [6.45, 7) is 5.36. The molecule has 0 unspecified atom stereocenters. The van der Waals surface area contributed by atoms with E-state index in [2.05, 4.69) is 6.58 Å². The van der Waals surface area contributed by atoms with Crippen LogP contribution in [-0.2, 0) is 4.79 Å². The summed E-state index contributed by atoms with van der Waals surface area (Å²) in [7, 11) is 0. The van der Waals surface area contributed by atoms with Crippen molar-refractivity contribution in [2.45, 2.75) is 26.2 Å². The van der Waals surface area contributed by atoms with Gasteiger partial charge in [0, 0.05) is 0 Å². The van der Waals surface area contributed by atoms with E-state index in [9.17, 15) is 4.79 Å². The SMILES string of the molecule is C=C(O)/C=C\C1=C(C)CC[C@H]1CC(=O)O. The van der Waals surface area contributed by atoms with E-state index in [1.165, 1.54) is 11.6 Å². The molecule has 0 radical (unpaired) electrons. The molecule has 0 aromatic carbocycles. The first-order valence-corrected chi connectivity index (χ1v) is 4.98. The number of carbonyl (C=O) groups is 1. The van der Waals surface area contributed by atoms with Gasteiger partial charge in [0.25, 0.3) is 0 Å². The highest BCUT2D eigenvalue weighted by Crippen LogP contribution is 2.34. The largest absolute Gasteiger partial charge is 0.509 e. The molecule has 2 N–H and O–H groups in total. The molecule has 82 valence electrons. The number of aliphatic hydroxyl groups is 1. The van der Waals surface area contributed by atoms with Gasteiger partial charge in [0.05, 0.1) is 6.42 Å². The van der Waals surface area contributed by atoms with Crippen LogP contribution in [-0.4, -0.2) is 16.2 Å². The highest BCUT2D eigenvalue weighted by Gasteiger charge is 2.23. The maximum absolute atomic E-state index is 10.6. The van der Waals surface area contributed by atoms with Crippen LogP contribution in [0.2, 0.25) is 0 Å². The summed E-state index contributed by atoms with van der Waals surface area (Å²) in [5, 5.41) is 17.7. The second-order valence-electron chi connectivity index (χ2n) is 3.89. The molecule has 0 heterocycles. The topological polar surface area (TPSA) is 57.5 Å². The molecule has 3 nitrogen and oxygen atoms in total. The summed E-state index contributed by atoms with van der Waals surface area (Å²) in [6.07, 6.45) is 5.28. The highest BCUT2D eigenvalue weighted by atomic mass is 16.4. The summed E-state index contributed by atoms with van der Waals surface area (Å²) in [4.78, 5) is 10.6. The molecule has 1 aliphatic rings. The first-order chi connectivity index (χ1) is 7.00. The number of carboxylic acid groups (broad SMARTS) is 1. The first-order valence-electron chi connectivity index (χ1n) is 4.98. The van der Waals surface area contributed by atoms with Gasteiger partial charge in [0.15, 0.2) is 0 Å². The van der Waals surface area contributed by atoms with E-state index < -0.39 is 5.97 Å². The standard InChI is InChI=1S/C12H16O3/c1-8-3-5-10(7-12(14)15)11(8)6-4-9(2)13/h4,6,10,13H,2-3,5,7H2,1H3,(H,14,15)/b6-4-/t10-/m0/s1. The normalized spacial score (nSPS) is 21.3. The van der Waals surface area contributed by atoms with E-state index in [0.29, 0.717) is 0 Å². The predicted molar refractivity (Wildman–Crippen MR) is 58.6 cm³/mol. The minimum Gasteiger partial charge on any atom is -0.509 e. The Morgan fingerprint density at radius 3 is 2.80 bits per heavy atom. The number of carboxylic acids is 1. The zero-order chi connectivity index (χ0) is 11.4. The third kappa shape index (κ3) is 3.27. The Morgan fingerprint density at radius 1 is 1.60 bits per heavy atom. The van der Waals surface area contributed by atoms with Crippen LogP contribution in [0, 0.1) is 5.92 Å². The van der Waals surface area contributed by atoms with Crippen molar-refractivity contribution in [3.8, 4) is 0 Å². The first kappa shape index (κ1) is 11.6. The van der Waals surface area contributed by atoms with Crippen LogP contribution >= 0.6 is 0 Å². The van der Waals surface area contributed by atoms with Crippen molar-refractivity contribution in [1.82, 2.24) is 0 Å². The van der Waals surface area contributed by atoms with Gasteiger partial charge >= 0.3 is 5.97 Å². The van der Waals surface area contributed by atoms with E-state index >= 15 is 0 Å². The van der Waals surface area contributed by atoms with Crippen LogP contribution in [0.15, 0.2) is 35.6 Å². The van der Waals surface area contributed by atoms with Crippen molar-refractivity contribution >= 4 is 5.97 Å². The van der Waals surface area contributed by atoms with Gasteiger partial charge in [-0.1, -0.05) is 18.2 Å². The van der Waals surface area contributed by atoms with Crippen LogP contribution in [0.3, 0.4) is 0 Å². The summed E-state index contributed by atoms with van der Waals surface area (Å²) in [6, 6.07) is 0. The average molecular weight is 208 g/mol. The van der Waals surface area contributed by atoms with Crippen LogP contribution < -0.4 is 0 Å². The average Bonchev–Trinajstić information content (AvgIpc) is 2.43. The molecule has 1 rings (SSSR count). The lowest BCUT2D eigenvalue weighted by molar-refractivity contribution is -0.137. The van der Waals surface area contributed by atoms with E-state index in [-0.39, 0.29) is 18.1 Å². The lowest BCUT2D eigenvalue weighted by atomic mass is 9.96. The molecule has 3 heteroatoms. The van der Waals surface area contributed by atoms with Gasteiger partial charge in [-0.3, -0.25) is 4.79 Å². The van der Waals surface area contributed by atoms with Crippen molar-refractivity contribution in [1.29, 1.82) is 0 Å². The molecule has 0 amide bonds. The van der Waals surface area contributed by atoms with Crippen molar-refractivity contribution in [2.24, 2.45) is 5.92 Å². The molecular weight excluding hydrogens is 192 g/mol. The molecule has 15 heavy (non-hydrogen) atoms. The van der Waals surface area contributed by atoms with E-state index in [1.54, 1.807) is 6.08 Å². The molecule has 1 aliphatic carbocycles. The van der Waals surface area contributed by atoms with Crippen LogP contribution in [0.4, 0.5) is 0 Å². The van der Waals surface area contributed by atoms with Crippen molar-refractivity contribution < 1.29 is 15.0 Å². The molecule has 0 aromatic rings.